The number of rotatable bonds is 4. The van der Waals surface area contributed by atoms with Crippen LogP contribution in [0.15, 0.2) is 18.2 Å². The zero-order valence-electron chi connectivity index (χ0n) is 13.3. The molecular formula is C15H22BNO5. The molecule has 22 heavy (non-hydrogen) atoms. The van der Waals surface area contributed by atoms with Gasteiger partial charge in [0.15, 0.2) is 0 Å². The molecule has 0 saturated carbocycles. The van der Waals surface area contributed by atoms with E-state index in [-0.39, 0.29) is 13.2 Å². The molecule has 0 radical (unpaired) electrons. The first kappa shape index (κ1) is 16.8. The van der Waals surface area contributed by atoms with Gasteiger partial charge >= 0.3 is 13.2 Å². The van der Waals surface area contributed by atoms with Crippen LogP contribution in [-0.2, 0) is 22.5 Å². The number of aliphatic hydroxyl groups is 1. The van der Waals surface area contributed by atoms with Crippen molar-refractivity contribution >= 4 is 18.7 Å². The second kappa shape index (κ2) is 5.91. The van der Waals surface area contributed by atoms with Gasteiger partial charge in [-0.25, -0.2) is 4.79 Å². The summed E-state index contributed by atoms with van der Waals surface area (Å²) in [6, 6.07) is 5.41. The summed E-state index contributed by atoms with van der Waals surface area (Å²) in [5.41, 5.74) is 1.33. The first-order valence-electron chi connectivity index (χ1n) is 7.21. The molecule has 6 nitrogen and oxygen atoms in total. The van der Waals surface area contributed by atoms with Crippen LogP contribution >= 0.6 is 0 Å². The Morgan fingerprint density at radius 3 is 2.27 bits per heavy atom. The van der Waals surface area contributed by atoms with Crippen LogP contribution in [0.25, 0.3) is 0 Å². The van der Waals surface area contributed by atoms with Crippen LogP contribution in [0.5, 0.6) is 0 Å². The molecule has 120 valence electrons. The molecule has 1 aromatic rings. The van der Waals surface area contributed by atoms with Gasteiger partial charge in [-0.3, -0.25) is 0 Å². The van der Waals surface area contributed by atoms with E-state index in [9.17, 15) is 9.90 Å². The fourth-order valence-corrected chi connectivity index (χ4v) is 2.26. The lowest BCUT2D eigenvalue weighted by Gasteiger charge is -2.32. The lowest BCUT2D eigenvalue weighted by atomic mass is 9.77. The summed E-state index contributed by atoms with van der Waals surface area (Å²) in [6.07, 6.45) is -1.10. The molecule has 1 aliphatic rings. The Labute approximate surface area is 130 Å². The van der Waals surface area contributed by atoms with E-state index in [2.05, 4.69) is 5.32 Å². The van der Waals surface area contributed by atoms with Crippen molar-refractivity contribution in [3.8, 4) is 0 Å². The third-order valence-corrected chi connectivity index (χ3v) is 4.36. The van der Waals surface area contributed by atoms with E-state index in [4.69, 9.17) is 14.4 Å². The quantitative estimate of drug-likeness (QED) is 0.729. The highest BCUT2D eigenvalue weighted by atomic mass is 16.7. The Morgan fingerprint density at radius 2 is 1.77 bits per heavy atom. The van der Waals surface area contributed by atoms with E-state index in [1.807, 2.05) is 33.8 Å². The Bertz CT molecular complexity index is 557. The van der Waals surface area contributed by atoms with Gasteiger partial charge in [0.05, 0.1) is 17.8 Å². The Balaban J connectivity index is 2.22. The normalized spacial score (nSPS) is 19.2. The van der Waals surface area contributed by atoms with Gasteiger partial charge in [-0.1, -0.05) is 18.2 Å². The molecule has 1 aliphatic heterocycles. The van der Waals surface area contributed by atoms with Crippen molar-refractivity contribution in [1.29, 1.82) is 0 Å². The van der Waals surface area contributed by atoms with E-state index in [0.29, 0.717) is 5.56 Å². The molecular weight excluding hydrogens is 285 g/mol. The molecule has 0 unspecified atom stereocenters. The van der Waals surface area contributed by atoms with Crippen molar-refractivity contribution < 1.29 is 24.3 Å². The van der Waals surface area contributed by atoms with Crippen LogP contribution in [0.1, 0.15) is 38.8 Å². The fourth-order valence-electron chi connectivity index (χ4n) is 2.26. The second-order valence-electron chi connectivity index (χ2n) is 6.43. The number of carboxylic acid groups (broad SMARTS) is 1. The molecule has 0 spiro atoms. The Hall–Kier alpha value is -1.57. The van der Waals surface area contributed by atoms with Crippen LogP contribution in [0.3, 0.4) is 0 Å². The highest BCUT2D eigenvalue weighted by molar-refractivity contribution is 6.62. The van der Waals surface area contributed by atoms with Crippen molar-refractivity contribution in [3.05, 3.63) is 29.3 Å². The van der Waals surface area contributed by atoms with E-state index >= 15 is 0 Å². The number of aliphatic hydroxyl groups excluding tert-OH is 1. The first-order chi connectivity index (χ1) is 10.2. The van der Waals surface area contributed by atoms with E-state index in [0.717, 1.165) is 11.0 Å². The molecule has 2 rings (SSSR count). The first-order valence-corrected chi connectivity index (χ1v) is 7.21. The molecule has 0 aromatic heterocycles. The van der Waals surface area contributed by atoms with Crippen LogP contribution in [0, 0.1) is 0 Å². The topological polar surface area (TPSA) is 88.0 Å². The molecule has 1 amide bonds. The van der Waals surface area contributed by atoms with Gasteiger partial charge in [-0.05, 0) is 44.3 Å². The minimum atomic E-state index is -1.10. The number of hydrogen-bond donors (Lipinski definition) is 3. The lowest BCUT2D eigenvalue weighted by Crippen LogP contribution is -2.41. The average Bonchev–Trinajstić information content (AvgIpc) is 2.65. The van der Waals surface area contributed by atoms with Crippen molar-refractivity contribution in [1.82, 2.24) is 5.32 Å². The van der Waals surface area contributed by atoms with E-state index < -0.39 is 24.4 Å². The minimum Gasteiger partial charge on any atom is -0.465 e. The zero-order valence-corrected chi connectivity index (χ0v) is 13.3. The predicted octanol–water partition coefficient (Wildman–Crippen LogP) is 1.25. The third kappa shape index (κ3) is 3.26. The largest absolute Gasteiger partial charge is 0.494 e. The summed E-state index contributed by atoms with van der Waals surface area (Å²) in [5.74, 6) is 0. The monoisotopic (exact) mass is 307 g/mol. The average molecular weight is 307 g/mol. The van der Waals surface area contributed by atoms with Crippen molar-refractivity contribution in [3.63, 3.8) is 0 Å². The Morgan fingerprint density at radius 1 is 1.18 bits per heavy atom. The highest BCUT2D eigenvalue weighted by Crippen LogP contribution is 2.36. The molecule has 3 N–H and O–H groups in total. The standard InChI is InChI=1S/C15H22BNO5/c1-14(2)15(3,4)22-16(21-14)12-6-5-10(8-17-13(19)20)11(7-12)9-18/h5-7,17-18H,8-9H2,1-4H3,(H,19,20). The van der Waals surface area contributed by atoms with Crippen molar-refractivity contribution in [2.45, 2.75) is 52.0 Å². The minimum absolute atomic E-state index is 0.148. The van der Waals surface area contributed by atoms with E-state index in [1.54, 1.807) is 12.1 Å². The highest BCUT2D eigenvalue weighted by Gasteiger charge is 2.51. The van der Waals surface area contributed by atoms with Gasteiger partial charge in [-0.2, -0.15) is 0 Å². The summed E-state index contributed by atoms with van der Waals surface area (Å²) in [7, 11) is -0.503. The summed E-state index contributed by atoms with van der Waals surface area (Å²) in [6.45, 7) is 7.88. The van der Waals surface area contributed by atoms with Crippen molar-refractivity contribution in [2.75, 3.05) is 0 Å². The van der Waals surface area contributed by atoms with Crippen LogP contribution in [-0.4, -0.2) is 34.6 Å². The molecule has 1 saturated heterocycles. The van der Waals surface area contributed by atoms with Gasteiger partial charge in [0.1, 0.15) is 0 Å². The zero-order chi connectivity index (χ0) is 16.5. The number of amides is 1. The number of hydrogen-bond acceptors (Lipinski definition) is 4. The second-order valence-corrected chi connectivity index (χ2v) is 6.43. The number of benzene rings is 1. The maximum Gasteiger partial charge on any atom is 0.494 e. The predicted molar refractivity (Wildman–Crippen MR) is 82.9 cm³/mol. The van der Waals surface area contributed by atoms with Gasteiger partial charge in [-0.15, -0.1) is 0 Å². The number of carbonyl (C=O) groups is 1. The van der Waals surface area contributed by atoms with Gasteiger partial charge in [0.25, 0.3) is 0 Å². The molecule has 0 bridgehead atoms. The molecule has 1 aromatic carbocycles. The molecule has 1 fully saturated rings. The van der Waals surface area contributed by atoms with Gasteiger partial charge in [0.2, 0.25) is 0 Å². The smallest absolute Gasteiger partial charge is 0.465 e. The van der Waals surface area contributed by atoms with E-state index in [1.165, 1.54) is 0 Å². The van der Waals surface area contributed by atoms with Crippen LogP contribution in [0.2, 0.25) is 0 Å². The summed E-state index contributed by atoms with van der Waals surface area (Å²) >= 11 is 0. The van der Waals surface area contributed by atoms with Crippen LogP contribution in [0.4, 0.5) is 4.79 Å². The lowest BCUT2D eigenvalue weighted by molar-refractivity contribution is 0.00578. The summed E-state index contributed by atoms with van der Waals surface area (Å²) < 4.78 is 11.9. The summed E-state index contributed by atoms with van der Waals surface area (Å²) in [4.78, 5) is 10.6. The molecule has 7 heteroatoms. The molecule has 0 aliphatic carbocycles. The molecule has 1 heterocycles. The van der Waals surface area contributed by atoms with Gasteiger partial charge in [0, 0.05) is 6.54 Å². The SMILES string of the molecule is CC1(C)OB(c2ccc(CNC(=O)O)c(CO)c2)OC1(C)C. The van der Waals surface area contributed by atoms with Gasteiger partial charge < -0.3 is 24.8 Å². The fraction of sp³-hybridized carbons (Fsp3) is 0.533. The maximum atomic E-state index is 10.6. The summed E-state index contributed by atoms with van der Waals surface area (Å²) in [5, 5.41) is 20.5. The third-order valence-electron chi connectivity index (χ3n) is 4.36. The van der Waals surface area contributed by atoms with Crippen LogP contribution < -0.4 is 10.8 Å². The maximum absolute atomic E-state index is 10.6. The number of nitrogens with one attached hydrogen (secondary N) is 1. The Kier molecular flexibility index (Phi) is 4.51. The van der Waals surface area contributed by atoms with Crippen molar-refractivity contribution in [2.24, 2.45) is 0 Å². The molecule has 0 atom stereocenters.